The molecule has 0 aliphatic heterocycles. The molecule has 2 rings (SSSR count). The minimum atomic E-state index is -3.47. The van der Waals surface area contributed by atoms with E-state index >= 15 is 0 Å². The molecule has 0 radical (unpaired) electrons. The summed E-state index contributed by atoms with van der Waals surface area (Å²) in [6.07, 6.45) is 4.59. The lowest BCUT2D eigenvalue weighted by Gasteiger charge is -2.16. The van der Waals surface area contributed by atoms with Gasteiger partial charge in [-0.25, -0.2) is 13.1 Å². The monoisotopic (exact) mass is 272 g/mol. The van der Waals surface area contributed by atoms with Gasteiger partial charge in [-0.1, -0.05) is 13.3 Å². The summed E-state index contributed by atoms with van der Waals surface area (Å²) >= 11 is 0. The number of aromatic nitrogens is 1. The third-order valence-corrected chi connectivity index (χ3v) is 5.18. The van der Waals surface area contributed by atoms with E-state index < -0.39 is 10.0 Å². The number of nitrogens with one attached hydrogen (secondary N) is 1. The second-order valence-corrected chi connectivity index (χ2v) is 6.79. The van der Waals surface area contributed by atoms with Gasteiger partial charge in [0.25, 0.3) is 0 Å². The molecule has 2 unspecified atom stereocenters. The summed E-state index contributed by atoms with van der Waals surface area (Å²) in [4.78, 5) is 0.230. The molecule has 0 spiro atoms. The standard InChI is InChI=1S/C12H20N2O3S/c1-9-4-3-5-12(9)13-18(16,17)11-6-10(8-15)14(2)7-11/h6-7,9,12-13,15H,3-5,8H2,1-2H3. The fraction of sp³-hybridized carbons (Fsp3) is 0.667. The van der Waals surface area contributed by atoms with Gasteiger partial charge in [0.2, 0.25) is 10.0 Å². The Labute approximate surface area is 108 Å². The highest BCUT2D eigenvalue weighted by molar-refractivity contribution is 7.89. The number of hydrogen-bond acceptors (Lipinski definition) is 3. The van der Waals surface area contributed by atoms with Crippen LogP contribution in [-0.4, -0.2) is 24.1 Å². The first-order valence-corrected chi connectivity index (χ1v) is 7.71. The Bertz CT molecular complexity index is 521. The van der Waals surface area contributed by atoms with Crippen molar-refractivity contribution in [1.29, 1.82) is 0 Å². The zero-order chi connectivity index (χ0) is 13.3. The van der Waals surface area contributed by atoms with Crippen LogP contribution in [0.5, 0.6) is 0 Å². The van der Waals surface area contributed by atoms with Gasteiger partial charge in [0, 0.05) is 25.0 Å². The molecule has 0 bridgehead atoms. The summed E-state index contributed by atoms with van der Waals surface area (Å²) in [7, 11) is -1.75. The quantitative estimate of drug-likeness (QED) is 0.858. The zero-order valence-electron chi connectivity index (χ0n) is 10.8. The molecule has 0 amide bonds. The van der Waals surface area contributed by atoms with Crippen molar-refractivity contribution in [1.82, 2.24) is 9.29 Å². The van der Waals surface area contributed by atoms with E-state index in [0.29, 0.717) is 11.6 Å². The summed E-state index contributed by atoms with van der Waals surface area (Å²) in [5, 5.41) is 9.09. The van der Waals surface area contributed by atoms with Gasteiger partial charge in [-0.2, -0.15) is 0 Å². The van der Waals surface area contributed by atoms with Crippen molar-refractivity contribution in [3.63, 3.8) is 0 Å². The Hall–Kier alpha value is -0.850. The molecule has 2 N–H and O–H groups in total. The van der Waals surface area contributed by atoms with Crippen LogP contribution in [0.4, 0.5) is 0 Å². The molecule has 1 aromatic rings. The van der Waals surface area contributed by atoms with Crippen LogP contribution in [0.3, 0.4) is 0 Å². The molecule has 1 aliphatic rings. The number of aliphatic hydroxyl groups is 1. The zero-order valence-corrected chi connectivity index (χ0v) is 11.6. The Morgan fingerprint density at radius 2 is 2.22 bits per heavy atom. The lowest BCUT2D eigenvalue weighted by Crippen LogP contribution is -2.36. The van der Waals surface area contributed by atoms with Gasteiger partial charge in [-0.3, -0.25) is 0 Å². The van der Waals surface area contributed by atoms with Crippen molar-refractivity contribution >= 4 is 10.0 Å². The molecule has 1 heterocycles. The maximum atomic E-state index is 12.2. The Balaban J connectivity index is 2.19. The maximum absolute atomic E-state index is 12.2. The molecule has 102 valence electrons. The lowest BCUT2D eigenvalue weighted by molar-refractivity contribution is 0.272. The third kappa shape index (κ3) is 2.60. The first-order chi connectivity index (χ1) is 8.44. The maximum Gasteiger partial charge on any atom is 0.242 e. The SMILES string of the molecule is CC1CCCC1NS(=O)(=O)c1cc(CO)n(C)c1. The van der Waals surface area contributed by atoms with Gasteiger partial charge in [0.1, 0.15) is 0 Å². The van der Waals surface area contributed by atoms with Crippen LogP contribution in [0.1, 0.15) is 31.9 Å². The molecule has 6 heteroatoms. The fourth-order valence-corrected chi connectivity index (χ4v) is 3.94. The van der Waals surface area contributed by atoms with Crippen LogP contribution in [0.25, 0.3) is 0 Å². The van der Waals surface area contributed by atoms with Gasteiger partial charge in [-0.15, -0.1) is 0 Å². The van der Waals surface area contributed by atoms with E-state index in [9.17, 15) is 8.42 Å². The third-order valence-electron chi connectivity index (χ3n) is 3.72. The normalized spacial score (nSPS) is 24.6. The highest BCUT2D eigenvalue weighted by atomic mass is 32.2. The highest BCUT2D eigenvalue weighted by Gasteiger charge is 2.28. The van der Waals surface area contributed by atoms with Crippen molar-refractivity contribution in [3.8, 4) is 0 Å². The number of nitrogens with zero attached hydrogens (tertiary/aromatic N) is 1. The summed E-state index contributed by atoms with van der Waals surface area (Å²) in [6.45, 7) is 1.91. The summed E-state index contributed by atoms with van der Waals surface area (Å²) in [5.74, 6) is 0.390. The van der Waals surface area contributed by atoms with Gasteiger partial charge >= 0.3 is 0 Å². The molecule has 18 heavy (non-hydrogen) atoms. The molecular formula is C12H20N2O3S. The molecule has 0 saturated heterocycles. The largest absolute Gasteiger partial charge is 0.390 e. The van der Waals surface area contributed by atoms with E-state index in [2.05, 4.69) is 11.6 Å². The first-order valence-electron chi connectivity index (χ1n) is 6.22. The minimum absolute atomic E-state index is 0.0350. The van der Waals surface area contributed by atoms with E-state index in [1.807, 2.05) is 0 Å². The second-order valence-electron chi connectivity index (χ2n) is 5.07. The average Bonchev–Trinajstić information content (AvgIpc) is 2.86. The Morgan fingerprint density at radius 1 is 1.50 bits per heavy atom. The van der Waals surface area contributed by atoms with Crippen LogP contribution in [0.15, 0.2) is 17.2 Å². The molecule has 1 fully saturated rings. The van der Waals surface area contributed by atoms with E-state index in [-0.39, 0.29) is 17.5 Å². The lowest BCUT2D eigenvalue weighted by atomic mass is 10.1. The molecule has 0 aromatic carbocycles. The first kappa shape index (κ1) is 13.6. The van der Waals surface area contributed by atoms with Crippen molar-refractivity contribution in [3.05, 3.63) is 18.0 Å². The molecule has 1 saturated carbocycles. The summed E-state index contributed by atoms with van der Waals surface area (Å²) in [5.41, 5.74) is 0.592. The van der Waals surface area contributed by atoms with E-state index in [0.717, 1.165) is 19.3 Å². The number of hydrogen-bond donors (Lipinski definition) is 2. The average molecular weight is 272 g/mol. The smallest absolute Gasteiger partial charge is 0.242 e. The van der Waals surface area contributed by atoms with Gasteiger partial charge in [0.15, 0.2) is 0 Å². The highest BCUT2D eigenvalue weighted by Crippen LogP contribution is 2.26. The number of aryl methyl sites for hydroxylation is 1. The Kier molecular flexibility index (Phi) is 3.79. The van der Waals surface area contributed by atoms with Gasteiger partial charge < -0.3 is 9.67 Å². The predicted octanol–water partition coefficient (Wildman–Crippen LogP) is 0.984. The van der Waals surface area contributed by atoms with Crippen LogP contribution < -0.4 is 4.72 Å². The molecule has 1 aromatic heterocycles. The van der Waals surface area contributed by atoms with Crippen LogP contribution in [0, 0.1) is 5.92 Å². The van der Waals surface area contributed by atoms with E-state index in [1.165, 1.54) is 12.3 Å². The van der Waals surface area contributed by atoms with E-state index in [1.54, 1.807) is 11.6 Å². The Morgan fingerprint density at radius 3 is 2.72 bits per heavy atom. The van der Waals surface area contributed by atoms with Crippen molar-refractivity contribution < 1.29 is 13.5 Å². The minimum Gasteiger partial charge on any atom is -0.390 e. The number of aliphatic hydroxyl groups excluding tert-OH is 1. The van der Waals surface area contributed by atoms with Crippen molar-refractivity contribution in [2.45, 2.75) is 43.7 Å². The topological polar surface area (TPSA) is 71.3 Å². The number of rotatable bonds is 4. The molecular weight excluding hydrogens is 252 g/mol. The molecule has 5 nitrogen and oxygen atoms in total. The van der Waals surface area contributed by atoms with Crippen molar-refractivity contribution in [2.75, 3.05) is 0 Å². The fourth-order valence-electron chi connectivity index (χ4n) is 2.47. The van der Waals surface area contributed by atoms with Crippen molar-refractivity contribution in [2.24, 2.45) is 13.0 Å². The van der Waals surface area contributed by atoms with Crippen LogP contribution >= 0.6 is 0 Å². The second kappa shape index (κ2) is 5.03. The van der Waals surface area contributed by atoms with Gasteiger partial charge in [0.05, 0.1) is 11.5 Å². The van der Waals surface area contributed by atoms with Gasteiger partial charge in [-0.05, 0) is 24.8 Å². The van der Waals surface area contributed by atoms with E-state index in [4.69, 9.17) is 5.11 Å². The molecule has 2 atom stereocenters. The molecule has 1 aliphatic carbocycles. The van der Waals surface area contributed by atoms with Crippen LogP contribution in [0.2, 0.25) is 0 Å². The number of sulfonamides is 1. The van der Waals surface area contributed by atoms with Crippen LogP contribution in [-0.2, 0) is 23.7 Å². The summed E-state index contributed by atoms with van der Waals surface area (Å²) < 4.78 is 28.8. The summed E-state index contributed by atoms with van der Waals surface area (Å²) in [6, 6.07) is 1.55. The predicted molar refractivity (Wildman–Crippen MR) is 68.5 cm³/mol.